The van der Waals surface area contributed by atoms with Crippen LogP contribution in [0.15, 0.2) is 30.3 Å². The summed E-state index contributed by atoms with van der Waals surface area (Å²) in [6, 6.07) is 9.60. The average Bonchev–Trinajstić information content (AvgIpc) is 2.37. The molecule has 5 heteroatoms. The molecule has 1 aromatic rings. The van der Waals surface area contributed by atoms with Gasteiger partial charge < -0.3 is 4.74 Å². The Morgan fingerprint density at radius 3 is 2.56 bits per heavy atom. The van der Waals surface area contributed by atoms with E-state index in [-0.39, 0.29) is 11.2 Å². The Hall–Kier alpha value is -0.520. The molecule has 98 valence electrons. The number of carbonyl (C=O) groups is 1. The van der Waals surface area contributed by atoms with Crippen LogP contribution in [0, 0.1) is 0 Å². The van der Waals surface area contributed by atoms with Crippen LogP contribution < -0.4 is 0 Å². The molecule has 0 aliphatic heterocycles. The summed E-state index contributed by atoms with van der Waals surface area (Å²) in [4.78, 5) is 12.0. The fourth-order valence-electron chi connectivity index (χ4n) is 1.35. The summed E-state index contributed by atoms with van der Waals surface area (Å²) in [5, 5.41) is -0.363. The lowest BCUT2D eigenvalue weighted by molar-refractivity contribution is -0.142. The summed E-state index contributed by atoms with van der Waals surface area (Å²) in [5.41, 5.74) is 0.931. The number of benzene rings is 1. The van der Waals surface area contributed by atoms with Gasteiger partial charge in [-0.15, -0.1) is 11.8 Å². The zero-order valence-electron chi connectivity index (χ0n) is 10.4. The van der Waals surface area contributed by atoms with Gasteiger partial charge >= 0.3 is 5.97 Å². The third-order valence-electron chi connectivity index (χ3n) is 2.08. The number of hydrogen-bond acceptors (Lipinski definition) is 5. The van der Waals surface area contributed by atoms with Crippen molar-refractivity contribution in [2.45, 2.75) is 19.1 Å². The first-order valence-corrected chi connectivity index (χ1v) is 8.01. The summed E-state index contributed by atoms with van der Waals surface area (Å²) < 4.78 is 5.89. The van der Waals surface area contributed by atoms with Crippen molar-refractivity contribution in [3.05, 3.63) is 35.9 Å². The van der Waals surface area contributed by atoms with Gasteiger partial charge in [0.2, 0.25) is 0 Å². The first kappa shape index (κ1) is 15.5. The molecule has 0 fully saturated rings. The highest BCUT2D eigenvalue weighted by Gasteiger charge is 2.24. The Labute approximate surface area is 122 Å². The Balaban J connectivity index is 2.82. The molecule has 0 aromatic heterocycles. The molecule has 18 heavy (non-hydrogen) atoms. The third kappa shape index (κ3) is 5.00. The number of hydrogen-bond donors (Lipinski definition) is 0. The molecule has 0 spiro atoms. The van der Waals surface area contributed by atoms with Gasteiger partial charge in [0.05, 0.1) is 6.61 Å². The van der Waals surface area contributed by atoms with E-state index in [2.05, 4.69) is 0 Å². The number of ether oxygens (including phenoxy) is 1. The molecule has 1 unspecified atom stereocenters. The summed E-state index contributed by atoms with van der Waals surface area (Å²) in [6.45, 7) is 4.24. The zero-order valence-corrected chi connectivity index (χ0v) is 12.9. The molecule has 0 saturated carbocycles. The third-order valence-corrected chi connectivity index (χ3v) is 4.78. The summed E-state index contributed by atoms with van der Waals surface area (Å²) in [7, 11) is 0. The van der Waals surface area contributed by atoms with Crippen molar-refractivity contribution in [2.24, 2.45) is 0 Å². The van der Waals surface area contributed by atoms with Crippen molar-refractivity contribution in [3.8, 4) is 0 Å². The largest absolute Gasteiger partial charge is 0.465 e. The van der Waals surface area contributed by atoms with Crippen LogP contribution in [-0.4, -0.2) is 21.9 Å². The van der Waals surface area contributed by atoms with Crippen LogP contribution in [0.1, 0.15) is 24.7 Å². The van der Waals surface area contributed by atoms with E-state index in [1.807, 2.05) is 44.2 Å². The molecule has 0 bridgehead atoms. The molecule has 1 atom stereocenters. The molecule has 2 nitrogen and oxygen atoms in total. The van der Waals surface area contributed by atoms with Gasteiger partial charge in [0.15, 0.2) is 0 Å². The number of esters is 1. The van der Waals surface area contributed by atoms with Crippen molar-refractivity contribution in [1.82, 2.24) is 0 Å². The first-order chi connectivity index (χ1) is 8.69. The van der Waals surface area contributed by atoms with Crippen LogP contribution in [0.3, 0.4) is 0 Å². The van der Waals surface area contributed by atoms with Gasteiger partial charge in [-0.25, -0.2) is 0 Å². The topological polar surface area (TPSA) is 26.3 Å². The van der Waals surface area contributed by atoms with Crippen LogP contribution in [0.25, 0.3) is 0 Å². The lowest BCUT2D eigenvalue weighted by Gasteiger charge is -2.15. The molecule has 0 N–H and O–H groups in total. The molecule has 0 aliphatic carbocycles. The second-order valence-electron chi connectivity index (χ2n) is 3.34. The van der Waals surface area contributed by atoms with Crippen molar-refractivity contribution >= 4 is 45.2 Å². The molecule has 1 aromatic carbocycles. The summed E-state index contributed by atoms with van der Waals surface area (Å²) >= 11 is 8.22. The van der Waals surface area contributed by atoms with Gasteiger partial charge in [-0.2, -0.15) is 0 Å². The van der Waals surface area contributed by atoms with Crippen molar-refractivity contribution in [1.29, 1.82) is 0 Å². The second-order valence-corrected chi connectivity index (χ2v) is 6.92. The molecular weight excluding hydrogens is 284 g/mol. The first-order valence-electron chi connectivity index (χ1n) is 5.74. The number of carbonyl (C=O) groups excluding carboxylic acids is 1. The maximum atomic E-state index is 12.0. The second kappa shape index (κ2) is 8.56. The Bertz CT molecular complexity index is 392. The highest BCUT2D eigenvalue weighted by atomic mass is 32.2. The lowest BCUT2D eigenvalue weighted by Crippen LogP contribution is -2.14. The minimum atomic E-state index is -0.363. The molecule has 0 aliphatic rings. The van der Waals surface area contributed by atoms with E-state index in [0.29, 0.717) is 6.61 Å². The molecular formula is C13H16O2S3. The summed E-state index contributed by atoms with van der Waals surface area (Å²) in [5.74, 6) is 0.684. The Kier molecular flexibility index (Phi) is 7.39. The molecule has 0 amide bonds. The highest BCUT2D eigenvalue weighted by molar-refractivity contribution is 8.47. The van der Waals surface area contributed by atoms with Gasteiger partial charge in [0.1, 0.15) is 8.78 Å². The van der Waals surface area contributed by atoms with Crippen LogP contribution in [-0.2, 0) is 9.53 Å². The van der Waals surface area contributed by atoms with E-state index in [1.54, 1.807) is 11.8 Å². The van der Waals surface area contributed by atoms with E-state index < -0.39 is 0 Å². The average molecular weight is 300 g/mol. The monoisotopic (exact) mass is 300 g/mol. The number of rotatable bonds is 5. The normalized spacial score (nSPS) is 11.9. The fraction of sp³-hybridized carbons (Fsp3) is 0.385. The molecule has 0 heterocycles. The smallest absolute Gasteiger partial charge is 0.324 e. The maximum absolute atomic E-state index is 12.0. The summed E-state index contributed by atoms with van der Waals surface area (Å²) in [6.07, 6.45) is 0. The van der Waals surface area contributed by atoms with Crippen molar-refractivity contribution in [2.75, 3.05) is 12.4 Å². The minimum absolute atomic E-state index is 0.229. The zero-order chi connectivity index (χ0) is 13.4. The SMILES string of the molecule is CCOC(=O)C(SC(=S)SCC)c1ccccc1. The maximum Gasteiger partial charge on any atom is 0.324 e. The number of thiocarbonyl (C=S) groups is 1. The quantitative estimate of drug-likeness (QED) is 0.603. The number of thioether (sulfide) groups is 2. The van der Waals surface area contributed by atoms with E-state index in [1.165, 1.54) is 11.8 Å². The van der Waals surface area contributed by atoms with E-state index in [0.717, 1.165) is 14.8 Å². The standard InChI is InChI=1S/C13H16O2S3/c1-3-15-12(14)11(18-13(16)17-4-2)10-8-6-5-7-9-10/h5-9,11H,3-4H2,1-2H3. The van der Waals surface area contributed by atoms with Gasteiger partial charge in [-0.3, -0.25) is 4.79 Å². The molecule has 1 rings (SSSR count). The van der Waals surface area contributed by atoms with Gasteiger partial charge in [0.25, 0.3) is 0 Å². The van der Waals surface area contributed by atoms with Crippen LogP contribution in [0.5, 0.6) is 0 Å². The molecule has 0 radical (unpaired) electrons. The highest BCUT2D eigenvalue weighted by Crippen LogP contribution is 2.34. The lowest BCUT2D eigenvalue weighted by atomic mass is 10.1. The van der Waals surface area contributed by atoms with Crippen LogP contribution in [0.4, 0.5) is 0 Å². The van der Waals surface area contributed by atoms with E-state index in [9.17, 15) is 4.79 Å². The predicted octanol–water partition coefficient (Wildman–Crippen LogP) is 4.06. The van der Waals surface area contributed by atoms with E-state index >= 15 is 0 Å². The van der Waals surface area contributed by atoms with Gasteiger partial charge in [0, 0.05) is 0 Å². The fourth-order valence-corrected chi connectivity index (χ4v) is 3.79. The van der Waals surface area contributed by atoms with Gasteiger partial charge in [-0.1, -0.05) is 61.2 Å². The van der Waals surface area contributed by atoms with Gasteiger partial charge in [-0.05, 0) is 18.2 Å². The van der Waals surface area contributed by atoms with E-state index in [4.69, 9.17) is 17.0 Å². The van der Waals surface area contributed by atoms with Crippen LogP contribution >= 0.6 is 35.7 Å². The Morgan fingerprint density at radius 2 is 2.00 bits per heavy atom. The minimum Gasteiger partial charge on any atom is -0.465 e. The molecule has 0 saturated heterocycles. The van der Waals surface area contributed by atoms with Crippen molar-refractivity contribution < 1.29 is 9.53 Å². The Morgan fingerprint density at radius 1 is 1.33 bits per heavy atom. The van der Waals surface area contributed by atoms with Crippen LogP contribution in [0.2, 0.25) is 0 Å². The predicted molar refractivity (Wildman–Crippen MR) is 84.1 cm³/mol. The van der Waals surface area contributed by atoms with Crippen molar-refractivity contribution in [3.63, 3.8) is 0 Å².